The fraction of sp³-hybridized carbons (Fsp3) is 0.538. The number of carbonyl (C=O) groups excluding carboxylic acids is 1. The minimum absolute atomic E-state index is 0.115. The third-order valence-corrected chi connectivity index (χ3v) is 3.76. The average Bonchev–Trinajstić information content (AvgIpc) is 2.31. The largest absolute Gasteiger partial charge is 0.324 e. The van der Waals surface area contributed by atoms with Gasteiger partial charge in [0.1, 0.15) is 4.60 Å². The number of pyridine rings is 1. The molecule has 1 amide bonds. The van der Waals surface area contributed by atoms with Crippen molar-refractivity contribution in [3.63, 3.8) is 0 Å². The van der Waals surface area contributed by atoms with Crippen LogP contribution in [0.15, 0.2) is 16.7 Å². The van der Waals surface area contributed by atoms with E-state index in [4.69, 9.17) is 0 Å². The van der Waals surface area contributed by atoms with Crippen molar-refractivity contribution in [3.05, 3.63) is 22.4 Å². The number of nitrogens with zero attached hydrogens (tertiary/aromatic N) is 1. The van der Waals surface area contributed by atoms with Gasteiger partial charge in [0.05, 0.1) is 11.4 Å². The SMILES string of the molecule is Cc1nc(Br)ccc1NC(=O)C1CCCC(F)(F)C1. The van der Waals surface area contributed by atoms with Gasteiger partial charge in [0.25, 0.3) is 0 Å². The average molecular weight is 333 g/mol. The number of aromatic nitrogens is 1. The molecule has 1 fully saturated rings. The Morgan fingerprint density at radius 2 is 2.26 bits per heavy atom. The molecule has 0 spiro atoms. The number of anilines is 1. The lowest BCUT2D eigenvalue weighted by Gasteiger charge is -2.28. The molecule has 0 radical (unpaired) electrons. The summed E-state index contributed by atoms with van der Waals surface area (Å²) >= 11 is 3.23. The molecule has 1 aromatic rings. The Labute approximate surface area is 118 Å². The van der Waals surface area contributed by atoms with Crippen LogP contribution in [0.5, 0.6) is 0 Å². The summed E-state index contributed by atoms with van der Waals surface area (Å²) in [6, 6.07) is 3.42. The Bertz CT molecular complexity index is 494. The summed E-state index contributed by atoms with van der Waals surface area (Å²) in [5.74, 6) is -3.67. The first-order valence-corrected chi connectivity index (χ1v) is 6.98. The molecular weight excluding hydrogens is 318 g/mol. The highest BCUT2D eigenvalue weighted by atomic mass is 79.9. The summed E-state index contributed by atoms with van der Waals surface area (Å²) in [5, 5.41) is 2.69. The van der Waals surface area contributed by atoms with Crippen molar-refractivity contribution in [1.29, 1.82) is 0 Å². The number of aryl methyl sites for hydroxylation is 1. The van der Waals surface area contributed by atoms with Crippen LogP contribution in [0.1, 0.15) is 31.4 Å². The van der Waals surface area contributed by atoms with Crippen LogP contribution in [0.4, 0.5) is 14.5 Å². The third-order valence-electron chi connectivity index (χ3n) is 3.32. The lowest BCUT2D eigenvalue weighted by molar-refractivity contribution is -0.127. The number of amides is 1. The molecular formula is C13H15BrF2N2O. The van der Waals surface area contributed by atoms with Gasteiger partial charge in [-0.05, 0) is 47.8 Å². The second-order valence-electron chi connectivity index (χ2n) is 4.91. The predicted octanol–water partition coefficient (Wildman–Crippen LogP) is 3.92. The Morgan fingerprint density at radius 1 is 1.53 bits per heavy atom. The summed E-state index contributed by atoms with van der Waals surface area (Å²) in [4.78, 5) is 16.2. The first kappa shape index (κ1) is 14.4. The Balaban J connectivity index is 2.04. The molecule has 1 aliphatic rings. The van der Waals surface area contributed by atoms with Crippen LogP contribution in [0.2, 0.25) is 0 Å². The van der Waals surface area contributed by atoms with Crippen LogP contribution in [0.25, 0.3) is 0 Å². The Hall–Kier alpha value is -1.04. The molecule has 104 valence electrons. The smallest absolute Gasteiger partial charge is 0.248 e. The van der Waals surface area contributed by atoms with Gasteiger partial charge >= 0.3 is 0 Å². The van der Waals surface area contributed by atoms with Gasteiger partial charge in [-0.15, -0.1) is 0 Å². The Kier molecular flexibility index (Phi) is 4.18. The van der Waals surface area contributed by atoms with Gasteiger partial charge in [-0.25, -0.2) is 13.8 Å². The minimum Gasteiger partial charge on any atom is -0.324 e. The standard InChI is InChI=1S/C13H15BrF2N2O/c1-8-10(4-5-11(14)17-8)18-12(19)9-3-2-6-13(15,16)7-9/h4-5,9H,2-3,6-7H2,1H3,(H,18,19). The van der Waals surface area contributed by atoms with Crippen molar-refractivity contribution in [2.75, 3.05) is 5.32 Å². The second-order valence-corrected chi connectivity index (χ2v) is 5.72. The summed E-state index contributed by atoms with van der Waals surface area (Å²) in [5.41, 5.74) is 1.23. The minimum atomic E-state index is -2.72. The monoisotopic (exact) mass is 332 g/mol. The van der Waals surface area contributed by atoms with E-state index in [0.717, 1.165) is 0 Å². The molecule has 2 rings (SSSR count). The van der Waals surface area contributed by atoms with Gasteiger partial charge < -0.3 is 5.32 Å². The molecule has 1 atom stereocenters. The predicted molar refractivity (Wildman–Crippen MR) is 72.2 cm³/mol. The zero-order chi connectivity index (χ0) is 14.0. The zero-order valence-electron chi connectivity index (χ0n) is 10.5. The van der Waals surface area contributed by atoms with E-state index in [-0.39, 0.29) is 18.7 Å². The first-order valence-electron chi connectivity index (χ1n) is 6.19. The van der Waals surface area contributed by atoms with Crippen LogP contribution in [0, 0.1) is 12.8 Å². The van der Waals surface area contributed by atoms with E-state index in [2.05, 4.69) is 26.2 Å². The van der Waals surface area contributed by atoms with Crippen molar-refractivity contribution >= 4 is 27.5 Å². The summed E-state index contributed by atoms with van der Waals surface area (Å²) in [6.45, 7) is 1.76. The van der Waals surface area contributed by atoms with E-state index in [9.17, 15) is 13.6 Å². The number of hydrogen-bond donors (Lipinski definition) is 1. The quantitative estimate of drug-likeness (QED) is 0.834. The van der Waals surface area contributed by atoms with E-state index in [1.807, 2.05) is 0 Å². The van der Waals surface area contributed by atoms with Gasteiger partial charge in [-0.2, -0.15) is 0 Å². The maximum absolute atomic E-state index is 13.3. The number of carbonyl (C=O) groups is 1. The topological polar surface area (TPSA) is 42.0 Å². The van der Waals surface area contributed by atoms with E-state index in [0.29, 0.717) is 28.8 Å². The normalized spacial score (nSPS) is 22.0. The van der Waals surface area contributed by atoms with Crippen LogP contribution < -0.4 is 5.32 Å². The first-order chi connectivity index (χ1) is 8.87. The van der Waals surface area contributed by atoms with Crippen molar-refractivity contribution < 1.29 is 13.6 Å². The van der Waals surface area contributed by atoms with Crippen LogP contribution in [-0.4, -0.2) is 16.8 Å². The molecule has 6 heteroatoms. The molecule has 1 aliphatic carbocycles. The maximum atomic E-state index is 13.3. The zero-order valence-corrected chi connectivity index (χ0v) is 12.1. The molecule has 1 N–H and O–H groups in total. The fourth-order valence-corrected chi connectivity index (χ4v) is 2.69. The van der Waals surface area contributed by atoms with Crippen LogP contribution >= 0.6 is 15.9 Å². The fourth-order valence-electron chi connectivity index (χ4n) is 2.29. The summed E-state index contributed by atoms with van der Waals surface area (Å²) < 4.78 is 27.2. The third kappa shape index (κ3) is 3.72. The highest BCUT2D eigenvalue weighted by molar-refractivity contribution is 9.10. The number of halogens is 3. The molecule has 1 unspecified atom stereocenters. The Morgan fingerprint density at radius 3 is 2.89 bits per heavy atom. The van der Waals surface area contributed by atoms with E-state index in [1.54, 1.807) is 19.1 Å². The van der Waals surface area contributed by atoms with Crippen molar-refractivity contribution in [2.45, 2.75) is 38.5 Å². The van der Waals surface area contributed by atoms with Crippen LogP contribution in [-0.2, 0) is 4.79 Å². The summed E-state index contributed by atoms with van der Waals surface area (Å²) in [6.07, 6.45) is 0.435. The van der Waals surface area contributed by atoms with E-state index >= 15 is 0 Å². The molecule has 19 heavy (non-hydrogen) atoms. The van der Waals surface area contributed by atoms with Gasteiger partial charge in [-0.1, -0.05) is 0 Å². The highest BCUT2D eigenvalue weighted by Gasteiger charge is 2.39. The molecule has 3 nitrogen and oxygen atoms in total. The van der Waals surface area contributed by atoms with Crippen LogP contribution in [0.3, 0.4) is 0 Å². The van der Waals surface area contributed by atoms with Gasteiger partial charge in [0.2, 0.25) is 11.8 Å². The maximum Gasteiger partial charge on any atom is 0.248 e. The number of rotatable bonds is 2. The highest BCUT2D eigenvalue weighted by Crippen LogP contribution is 2.37. The number of alkyl halides is 2. The second kappa shape index (κ2) is 5.53. The molecule has 0 saturated heterocycles. The van der Waals surface area contributed by atoms with Crippen molar-refractivity contribution in [3.8, 4) is 0 Å². The number of hydrogen-bond acceptors (Lipinski definition) is 2. The van der Waals surface area contributed by atoms with Gasteiger partial charge in [0, 0.05) is 18.8 Å². The molecule has 1 heterocycles. The lowest BCUT2D eigenvalue weighted by Crippen LogP contribution is -2.33. The van der Waals surface area contributed by atoms with E-state index in [1.165, 1.54) is 0 Å². The molecule has 1 saturated carbocycles. The molecule has 1 aromatic heterocycles. The van der Waals surface area contributed by atoms with E-state index < -0.39 is 11.8 Å². The van der Waals surface area contributed by atoms with Crippen molar-refractivity contribution in [2.24, 2.45) is 5.92 Å². The lowest BCUT2D eigenvalue weighted by atomic mass is 9.86. The van der Waals surface area contributed by atoms with Crippen molar-refractivity contribution in [1.82, 2.24) is 4.98 Å². The molecule has 0 aliphatic heterocycles. The summed E-state index contributed by atoms with van der Waals surface area (Å²) in [7, 11) is 0. The van der Waals surface area contributed by atoms with Gasteiger partial charge in [0.15, 0.2) is 0 Å². The van der Waals surface area contributed by atoms with Gasteiger partial charge in [-0.3, -0.25) is 4.79 Å². The molecule has 0 bridgehead atoms. The number of nitrogens with one attached hydrogen (secondary N) is 1. The molecule has 0 aromatic carbocycles.